The molecular weight excluding hydrogens is 502 g/mol. The van der Waals surface area contributed by atoms with Gasteiger partial charge in [0.25, 0.3) is 0 Å². The molecule has 2 atom stereocenters. The largest absolute Gasteiger partial charge is 0.373 e. The second kappa shape index (κ2) is 10.7. The molecule has 6 bridgehead atoms. The van der Waals surface area contributed by atoms with E-state index in [0.29, 0.717) is 42.2 Å². The van der Waals surface area contributed by atoms with E-state index in [1.54, 1.807) is 6.07 Å². The fourth-order valence-corrected chi connectivity index (χ4v) is 5.75. The summed E-state index contributed by atoms with van der Waals surface area (Å²) in [5, 5.41) is 3.14. The van der Waals surface area contributed by atoms with Crippen molar-refractivity contribution in [3.8, 4) is 11.3 Å². The summed E-state index contributed by atoms with van der Waals surface area (Å²) in [4.78, 5) is 22.6. The van der Waals surface area contributed by atoms with Crippen LogP contribution in [-0.2, 0) is 4.74 Å². The maximum absolute atomic E-state index is 15.2. The molecule has 0 radical (unpaired) electrons. The molecule has 5 heterocycles. The van der Waals surface area contributed by atoms with Gasteiger partial charge in [-0.25, -0.2) is 28.7 Å². The van der Waals surface area contributed by atoms with Crippen molar-refractivity contribution in [2.24, 2.45) is 4.99 Å². The van der Waals surface area contributed by atoms with Gasteiger partial charge in [-0.05, 0) is 44.5 Å². The van der Waals surface area contributed by atoms with Crippen molar-refractivity contribution < 1.29 is 13.5 Å². The SMILES string of the molecule is CCN1CCN(CC2=CN=C3CC2OCCC(C)n2c(C)nc4c(F)cc(cc42)-c2nc(ncc2F)N3)CC1. The number of aromatic nitrogens is 4. The number of benzene rings is 1. The van der Waals surface area contributed by atoms with E-state index in [4.69, 9.17) is 4.74 Å². The summed E-state index contributed by atoms with van der Waals surface area (Å²) in [6, 6.07) is 3.02. The van der Waals surface area contributed by atoms with Crippen molar-refractivity contribution in [1.29, 1.82) is 0 Å². The molecule has 0 spiro atoms. The third-order valence-electron chi connectivity index (χ3n) is 7.99. The second-order valence-corrected chi connectivity index (χ2v) is 10.6. The molecule has 3 aliphatic heterocycles. The highest BCUT2D eigenvalue weighted by atomic mass is 19.1. The Hall–Kier alpha value is -3.28. The third-order valence-corrected chi connectivity index (χ3v) is 7.99. The number of hydrogen-bond donors (Lipinski definition) is 1. The van der Waals surface area contributed by atoms with Crippen LogP contribution in [0.25, 0.3) is 22.3 Å². The summed E-state index contributed by atoms with van der Waals surface area (Å²) in [6.45, 7) is 12.7. The van der Waals surface area contributed by atoms with Crippen LogP contribution in [0.15, 0.2) is 35.1 Å². The molecule has 0 saturated carbocycles. The zero-order valence-electron chi connectivity index (χ0n) is 22.6. The van der Waals surface area contributed by atoms with Crippen LogP contribution in [0, 0.1) is 18.6 Å². The van der Waals surface area contributed by atoms with E-state index < -0.39 is 11.6 Å². The van der Waals surface area contributed by atoms with E-state index in [1.807, 2.05) is 17.7 Å². The molecule has 9 nitrogen and oxygen atoms in total. The van der Waals surface area contributed by atoms with Crippen LogP contribution in [-0.4, -0.2) is 87.1 Å². The predicted molar refractivity (Wildman–Crippen MR) is 147 cm³/mol. The molecule has 1 fully saturated rings. The Morgan fingerprint density at radius 3 is 2.67 bits per heavy atom. The molecule has 2 unspecified atom stereocenters. The Labute approximate surface area is 226 Å². The lowest BCUT2D eigenvalue weighted by Crippen LogP contribution is -2.47. The Morgan fingerprint density at radius 2 is 1.87 bits per heavy atom. The third kappa shape index (κ3) is 5.18. The maximum atomic E-state index is 15.2. The minimum atomic E-state index is -0.628. The van der Waals surface area contributed by atoms with Gasteiger partial charge in [0.1, 0.15) is 22.9 Å². The number of ether oxygens (including phenoxy) is 1. The van der Waals surface area contributed by atoms with Crippen molar-refractivity contribution in [2.75, 3.05) is 51.2 Å². The van der Waals surface area contributed by atoms with E-state index >= 15 is 4.39 Å². The van der Waals surface area contributed by atoms with Crippen LogP contribution in [0.3, 0.4) is 0 Å². The molecule has 39 heavy (non-hydrogen) atoms. The van der Waals surface area contributed by atoms with Gasteiger partial charge in [0.05, 0.1) is 17.8 Å². The van der Waals surface area contributed by atoms with Gasteiger partial charge in [-0.3, -0.25) is 4.90 Å². The van der Waals surface area contributed by atoms with Gasteiger partial charge in [-0.2, -0.15) is 0 Å². The van der Waals surface area contributed by atoms with Crippen LogP contribution in [0.5, 0.6) is 0 Å². The minimum Gasteiger partial charge on any atom is -0.373 e. The number of hydrogen-bond acceptors (Lipinski definition) is 8. The molecule has 6 rings (SSSR count). The number of amidine groups is 1. The van der Waals surface area contributed by atoms with Crippen LogP contribution in [0.4, 0.5) is 14.7 Å². The van der Waals surface area contributed by atoms with E-state index in [-0.39, 0.29) is 29.3 Å². The fraction of sp³-hybridized carbons (Fsp3) is 0.500. The maximum Gasteiger partial charge on any atom is 0.228 e. The van der Waals surface area contributed by atoms with Gasteiger partial charge in [0.15, 0.2) is 11.6 Å². The lowest BCUT2D eigenvalue weighted by atomic mass is 10.0. The predicted octanol–water partition coefficient (Wildman–Crippen LogP) is 4.17. The van der Waals surface area contributed by atoms with Crippen molar-refractivity contribution in [1.82, 2.24) is 29.3 Å². The average molecular weight is 537 g/mol. The summed E-state index contributed by atoms with van der Waals surface area (Å²) in [6.07, 6.45) is 4.07. The van der Waals surface area contributed by atoms with Crippen molar-refractivity contribution in [3.05, 3.63) is 47.6 Å². The quantitative estimate of drug-likeness (QED) is 0.538. The number of fused-ring (bicyclic) bond motifs is 6. The molecule has 0 aliphatic carbocycles. The molecule has 1 aromatic carbocycles. The lowest BCUT2D eigenvalue weighted by Gasteiger charge is -2.36. The topological polar surface area (TPSA) is 83.7 Å². The molecule has 2 aromatic heterocycles. The Morgan fingerprint density at radius 1 is 1.08 bits per heavy atom. The molecule has 206 valence electrons. The summed E-state index contributed by atoms with van der Waals surface area (Å²) in [7, 11) is 0. The Balaban J connectivity index is 1.36. The number of likely N-dealkylation sites (N-methyl/N-ethyl adjacent to an activating group) is 1. The fourth-order valence-electron chi connectivity index (χ4n) is 5.75. The molecule has 3 aliphatic rings. The van der Waals surface area contributed by atoms with Gasteiger partial charge in [0, 0.05) is 63.6 Å². The van der Waals surface area contributed by atoms with Crippen LogP contribution in [0.1, 0.15) is 38.6 Å². The van der Waals surface area contributed by atoms with Gasteiger partial charge in [-0.1, -0.05) is 6.92 Å². The van der Waals surface area contributed by atoms with E-state index in [2.05, 4.69) is 48.9 Å². The molecule has 1 saturated heterocycles. The number of nitrogens with zero attached hydrogens (tertiary/aromatic N) is 7. The van der Waals surface area contributed by atoms with E-state index in [0.717, 1.165) is 51.0 Å². The number of imidazole rings is 1. The van der Waals surface area contributed by atoms with Crippen LogP contribution >= 0.6 is 0 Å². The molecule has 0 amide bonds. The highest BCUT2D eigenvalue weighted by Gasteiger charge is 2.27. The number of halogens is 2. The monoisotopic (exact) mass is 536 g/mol. The number of anilines is 1. The highest BCUT2D eigenvalue weighted by molar-refractivity contribution is 5.96. The van der Waals surface area contributed by atoms with Crippen molar-refractivity contribution in [3.63, 3.8) is 0 Å². The summed E-state index contributed by atoms with van der Waals surface area (Å²) >= 11 is 0. The first-order valence-corrected chi connectivity index (χ1v) is 13.7. The summed E-state index contributed by atoms with van der Waals surface area (Å²) in [5.74, 6) is 0.398. The normalized spacial score (nSPS) is 22.7. The van der Waals surface area contributed by atoms with Crippen LogP contribution < -0.4 is 5.32 Å². The van der Waals surface area contributed by atoms with Gasteiger partial charge in [0.2, 0.25) is 5.95 Å². The Bertz CT molecular complexity index is 1440. The number of aryl methyl sites for hydroxylation is 1. The minimum absolute atomic E-state index is 0.00927. The number of nitrogens with one attached hydrogen (secondary N) is 1. The summed E-state index contributed by atoms with van der Waals surface area (Å²) in [5.41, 5.74) is 2.36. The van der Waals surface area contributed by atoms with Crippen molar-refractivity contribution in [2.45, 2.75) is 45.8 Å². The summed E-state index contributed by atoms with van der Waals surface area (Å²) < 4.78 is 38.6. The highest BCUT2D eigenvalue weighted by Crippen LogP contribution is 2.32. The van der Waals surface area contributed by atoms with E-state index in [1.165, 1.54) is 6.07 Å². The first kappa shape index (κ1) is 26.0. The Kier molecular flexibility index (Phi) is 7.13. The van der Waals surface area contributed by atoms with Gasteiger partial charge >= 0.3 is 0 Å². The van der Waals surface area contributed by atoms with Gasteiger partial charge in [-0.15, -0.1) is 0 Å². The second-order valence-electron chi connectivity index (χ2n) is 10.6. The number of rotatable bonds is 3. The average Bonchev–Trinajstić information content (AvgIpc) is 3.27. The zero-order chi connectivity index (χ0) is 27.1. The lowest BCUT2D eigenvalue weighted by molar-refractivity contribution is 0.0636. The number of piperazine rings is 1. The molecule has 1 N–H and O–H groups in total. The number of aliphatic imine (C=N–C) groups is 1. The molecule has 3 aromatic rings. The van der Waals surface area contributed by atoms with Crippen molar-refractivity contribution >= 4 is 22.8 Å². The first-order chi connectivity index (χ1) is 18.9. The van der Waals surface area contributed by atoms with Gasteiger partial charge < -0.3 is 19.5 Å². The smallest absolute Gasteiger partial charge is 0.228 e. The van der Waals surface area contributed by atoms with E-state index in [9.17, 15) is 4.39 Å². The zero-order valence-corrected chi connectivity index (χ0v) is 22.6. The van der Waals surface area contributed by atoms with Crippen LogP contribution in [0.2, 0.25) is 0 Å². The first-order valence-electron chi connectivity index (χ1n) is 13.7. The standard InChI is InChI=1S/C28H34F2N8O/c1-4-36-6-8-37(9-7-36)16-20-14-31-25-13-24(20)39-10-5-17(2)38-18(3)33-27-21(29)11-19(12-23(27)38)26-22(30)15-32-28(34-25)35-26/h11-12,14-15,17,24H,4-10,13,16H2,1-3H3,(H,31,32,34,35). The molecular formula is C28H34F2N8O. The molecule has 11 heteroatoms.